The van der Waals surface area contributed by atoms with Gasteiger partial charge in [0.2, 0.25) is 11.8 Å². The molecule has 4 fully saturated rings. The number of hydrogen-bond acceptors (Lipinski definition) is 7. The van der Waals surface area contributed by atoms with Crippen LogP contribution in [0.25, 0.3) is 44.3 Å². The second-order valence-electron chi connectivity index (χ2n) is 17.5. The van der Waals surface area contributed by atoms with E-state index < -0.39 is 24.3 Å². The monoisotopic (exact) mass is 828 g/mol. The van der Waals surface area contributed by atoms with Crippen LogP contribution >= 0.6 is 0 Å². The van der Waals surface area contributed by atoms with Gasteiger partial charge in [-0.15, -0.1) is 0 Å². The van der Waals surface area contributed by atoms with Crippen molar-refractivity contribution in [2.75, 3.05) is 20.2 Å². The number of carbonyl (C=O) groups excluding carboxylic acids is 3. The molecule has 9 rings (SSSR count). The van der Waals surface area contributed by atoms with Crippen molar-refractivity contribution in [3.8, 4) is 22.3 Å². The molecule has 14 heteroatoms. The molecule has 5 aromatic rings. The third-order valence-electron chi connectivity index (χ3n) is 13.8. The Morgan fingerprint density at radius 1 is 0.607 bits per heavy atom. The first kappa shape index (κ1) is 40.5. The van der Waals surface area contributed by atoms with Crippen molar-refractivity contribution >= 4 is 46.1 Å². The minimum Gasteiger partial charge on any atom is -0.465 e. The number of aromatic amines is 2. The molecule has 4 aliphatic rings. The Morgan fingerprint density at radius 3 is 1.46 bits per heavy atom. The van der Waals surface area contributed by atoms with E-state index in [2.05, 4.69) is 69.1 Å². The number of imidazole rings is 2. The van der Waals surface area contributed by atoms with Gasteiger partial charge in [0.05, 0.1) is 41.3 Å². The number of hydrogen-bond donors (Lipinski definition) is 5. The molecule has 2 aliphatic carbocycles. The average Bonchev–Trinajstić information content (AvgIpc) is 4.13. The predicted molar refractivity (Wildman–Crippen MR) is 231 cm³/mol. The van der Waals surface area contributed by atoms with Gasteiger partial charge in [0, 0.05) is 13.1 Å². The van der Waals surface area contributed by atoms with Gasteiger partial charge in [-0.25, -0.2) is 19.6 Å². The number of ether oxygens (including phenoxy) is 1. The van der Waals surface area contributed by atoms with Crippen molar-refractivity contribution in [2.45, 2.75) is 114 Å². The lowest BCUT2D eigenvalue weighted by molar-refractivity contribution is -0.136. The number of fused-ring (bicyclic) bond motifs is 2. The van der Waals surface area contributed by atoms with Gasteiger partial charge in [-0.2, -0.15) is 0 Å². The molecule has 2 saturated heterocycles. The highest BCUT2D eigenvalue weighted by Gasteiger charge is 2.41. The number of rotatable bonds is 10. The van der Waals surface area contributed by atoms with Crippen LogP contribution in [0, 0.1) is 11.8 Å². The van der Waals surface area contributed by atoms with Crippen molar-refractivity contribution in [2.24, 2.45) is 11.8 Å². The molecular weight excluding hydrogens is 773 g/mol. The largest absolute Gasteiger partial charge is 0.465 e. The summed E-state index contributed by atoms with van der Waals surface area (Å²) in [5.74, 6) is 1.39. The van der Waals surface area contributed by atoms with Gasteiger partial charge in [0.25, 0.3) is 0 Å². The van der Waals surface area contributed by atoms with E-state index in [1.807, 2.05) is 21.9 Å². The van der Waals surface area contributed by atoms with Crippen LogP contribution in [0.5, 0.6) is 0 Å². The van der Waals surface area contributed by atoms with Crippen LogP contribution in [-0.4, -0.2) is 91.1 Å². The molecular formula is C47H56N8O6. The molecule has 4 atom stereocenters. The van der Waals surface area contributed by atoms with E-state index in [0.717, 1.165) is 146 Å². The number of nitrogens with one attached hydrogen (secondary N) is 4. The van der Waals surface area contributed by atoms with E-state index in [0.29, 0.717) is 13.1 Å². The van der Waals surface area contributed by atoms with E-state index >= 15 is 0 Å². The zero-order valence-electron chi connectivity index (χ0n) is 34.8. The fourth-order valence-corrected chi connectivity index (χ4v) is 10.6. The van der Waals surface area contributed by atoms with E-state index in [4.69, 9.17) is 14.7 Å². The zero-order chi connectivity index (χ0) is 42.0. The number of alkyl carbamates (subject to hydrolysis) is 1. The van der Waals surface area contributed by atoms with Crippen LogP contribution in [0.2, 0.25) is 0 Å². The highest BCUT2D eigenvalue weighted by molar-refractivity contribution is 5.88. The second-order valence-corrected chi connectivity index (χ2v) is 17.5. The maximum absolute atomic E-state index is 14.1. The number of amides is 4. The summed E-state index contributed by atoms with van der Waals surface area (Å²) >= 11 is 0. The first-order valence-electron chi connectivity index (χ1n) is 22.3. The Hall–Kier alpha value is -5.92. The molecule has 320 valence electrons. The smallest absolute Gasteiger partial charge is 0.407 e. The molecule has 0 radical (unpaired) electrons. The number of carbonyl (C=O) groups is 4. The van der Waals surface area contributed by atoms with Crippen LogP contribution in [0.1, 0.15) is 114 Å². The maximum Gasteiger partial charge on any atom is 0.407 e. The summed E-state index contributed by atoms with van der Waals surface area (Å²) in [7, 11) is 1.33. The van der Waals surface area contributed by atoms with Crippen molar-refractivity contribution in [3.63, 3.8) is 0 Å². The Balaban J connectivity index is 0.896. The summed E-state index contributed by atoms with van der Waals surface area (Å²) in [6, 6.07) is 19.0. The molecule has 2 saturated carbocycles. The van der Waals surface area contributed by atoms with Gasteiger partial charge in [-0.1, -0.05) is 74.9 Å². The van der Waals surface area contributed by atoms with E-state index in [1.165, 1.54) is 7.11 Å². The van der Waals surface area contributed by atoms with E-state index in [-0.39, 0.29) is 35.7 Å². The molecule has 2 aromatic heterocycles. The van der Waals surface area contributed by atoms with Crippen molar-refractivity contribution in [3.05, 3.63) is 72.3 Å². The quantitative estimate of drug-likeness (QED) is 0.0926. The molecule has 0 spiro atoms. The van der Waals surface area contributed by atoms with Crippen LogP contribution in [-0.2, 0) is 14.3 Å². The van der Waals surface area contributed by atoms with Crippen molar-refractivity contribution in [1.29, 1.82) is 0 Å². The standard InChI is InChI=1S/C47H56N8O6/c1-61-47(60)53-41(31-12-6-3-7-13-31)45(57)55-25-9-15-39(55)43-49-35-23-21-33(27-37(35)51-43)29-18-16-28(17-19-29)32-20-22-34-36(26-32)50-42(48-34)38-14-8-24-54(38)44(56)40(52-46(58)59)30-10-4-2-5-11-30/h16-23,26-27,30-31,38-41,52H,2-15,24-25H2,1H3,(H,48,50)(H,49,51)(H,53,60)(H,58,59)/t38-,39-,40-,41-/m0/s1. The summed E-state index contributed by atoms with van der Waals surface area (Å²) in [5, 5.41) is 15.1. The second kappa shape index (κ2) is 17.6. The fourth-order valence-electron chi connectivity index (χ4n) is 10.6. The number of likely N-dealkylation sites (tertiary alicyclic amines) is 2. The highest BCUT2D eigenvalue weighted by atomic mass is 16.5. The number of H-pyrrole nitrogens is 2. The SMILES string of the molecule is COC(=O)N[C@H](C(=O)N1CCC[C@H]1c1nc2ccc(-c3ccc(-c4ccc5nc([C@@H]6CCCN6C(=O)[C@@H](NC(=O)O)C6CCCCC6)[nH]c5c4)cc3)cc2[nH]1)C1CCCCC1. The number of carboxylic acid groups (broad SMARTS) is 1. The van der Waals surface area contributed by atoms with Crippen LogP contribution in [0.15, 0.2) is 60.7 Å². The first-order valence-corrected chi connectivity index (χ1v) is 22.3. The number of methoxy groups -OCH3 is 1. The summed E-state index contributed by atoms with van der Waals surface area (Å²) in [6.07, 6.45) is 11.5. The first-order chi connectivity index (χ1) is 29.7. The lowest BCUT2D eigenvalue weighted by Gasteiger charge is -2.34. The Bertz CT molecular complexity index is 2400. The van der Waals surface area contributed by atoms with Gasteiger partial charge in [-0.05, 0) is 110 Å². The van der Waals surface area contributed by atoms with Gasteiger partial charge in [0.15, 0.2) is 0 Å². The Morgan fingerprint density at radius 2 is 1.03 bits per heavy atom. The highest BCUT2D eigenvalue weighted by Crippen LogP contribution is 2.38. The van der Waals surface area contributed by atoms with Crippen molar-refractivity contribution < 1.29 is 29.0 Å². The Kier molecular flexibility index (Phi) is 11.7. The molecule has 14 nitrogen and oxygen atoms in total. The average molecular weight is 829 g/mol. The fraction of sp³-hybridized carbons (Fsp3) is 0.489. The third kappa shape index (κ3) is 8.41. The van der Waals surface area contributed by atoms with Crippen LogP contribution < -0.4 is 10.6 Å². The molecule has 3 aromatic carbocycles. The molecule has 61 heavy (non-hydrogen) atoms. The topological polar surface area (TPSA) is 186 Å². The van der Waals surface area contributed by atoms with Crippen LogP contribution in [0.4, 0.5) is 9.59 Å². The van der Waals surface area contributed by atoms with Crippen LogP contribution in [0.3, 0.4) is 0 Å². The normalized spacial score (nSPS) is 21.1. The molecule has 2 aliphatic heterocycles. The van der Waals surface area contributed by atoms with Gasteiger partial charge >= 0.3 is 12.2 Å². The van der Waals surface area contributed by atoms with Gasteiger partial charge in [0.1, 0.15) is 23.7 Å². The molecule has 4 heterocycles. The predicted octanol–water partition coefficient (Wildman–Crippen LogP) is 8.62. The van der Waals surface area contributed by atoms with Gasteiger partial charge < -0.3 is 40.2 Å². The summed E-state index contributed by atoms with van der Waals surface area (Å²) in [4.78, 5) is 72.8. The summed E-state index contributed by atoms with van der Waals surface area (Å²) in [6.45, 7) is 1.20. The molecule has 5 N–H and O–H groups in total. The van der Waals surface area contributed by atoms with Gasteiger partial charge in [-0.3, -0.25) is 9.59 Å². The third-order valence-corrected chi connectivity index (χ3v) is 13.8. The Labute approximate surface area is 355 Å². The number of nitrogens with zero attached hydrogens (tertiary/aromatic N) is 4. The van der Waals surface area contributed by atoms with E-state index in [9.17, 15) is 24.3 Å². The minimum atomic E-state index is -1.16. The zero-order valence-corrected chi connectivity index (χ0v) is 34.8. The maximum atomic E-state index is 14.1. The molecule has 0 bridgehead atoms. The van der Waals surface area contributed by atoms with E-state index in [1.54, 1.807) is 0 Å². The van der Waals surface area contributed by atoms with Crippen molar-refractivity contribution in [1.82, 2.24) is 40.4 Å². The lowest BCUT2D eigenvalue weighted by atomic mass is 9.83. The summed E-state index contributed by atoms with van der Waals surface area (Å²) in [5.41, 5.74) is 7.64. The number of aromatic nitrogens is 4. The minimum absolute atomic E-state index is 0.0138. The number of benzene rings is 3. The summed E-state index contributed by atoms with van der Waals surface area (Å²) < 4.78 is 4.91. The molecule has 4 amide bonds. The molecule has 0 unspecified atom stereocenters. The lowest BCUT2D eigenvalue weighted by Crippen LogP contribution is -2.52.